The first-order valence-corrected chi connectivity index (χ1v) is 5.11. The number of benzene rings is 1. The summed E-state index contributed by atoms with van der Waals surface area (Å²) in [5, 5.41) is 0. The van der Waals surface area contributed by atoms with Gasteiger partial charge in [0.15, 0.2) is 0 Å². The summed E-state index contributed by atoms with van der Waals surface area (Å²) in [6.07, 6.45) is -0.836. The molecule has 2 rings (SSSR count). The number of carbonyl (C=O) groups is 2. The Morgan fingerprint density at radius 2 is 2.24 bits per heavy atom. The van der Waals surface area contributed by atoms with Crippen LogP contribution in [0.2, 0.25) is 0 Å². The second-order valence-corrected chi connectivity index (χ2v) is 3.82. The molecule has 0 aromatic heterocycles. The van der Waals surface area contributed by atoms with E-state index in [1.807, 2.05) is 0 Å². The third kappa shape index (κ3) is 1.88. The zero-order valence-electron chi connectivity index (χ0n) is 9.45. The summed E-state index contributed by atoms with van der Waals surface area (Å²) >= 11 is 0. The largest absolute Gasteiger partial charge is 0.466 e. The van der Waals surface area contributed by atoms with Gasteiger partial charge < -0.3 is 9.47 Å². The number of hydrogen-bond donors (Lipinski definition) is 0. The van der Waals surface area contributed by atoms with Crippen LogP contribution in [0.15, 0.2) is 12.1 Å². The van der Waals surface area contributed by atoms with Crippen molar-refractivity contribution in [3.05, 3.63) is 34.6 Å². The maximum absolute atomic E-state index is 13.4. The lowest BCUT2D eigenvalue weighted by molar-refractivity contribution is -0.151. The molecule has 0 saturated carbocycles. The molecule has 1 atom stereocenters. The summed E-state index contributed by atoms with van der Waals surface area (Å²) < 4.78 is 22.8. The molecule has 0 fully saturated rings. The topological polar surface area (TPSA) is 52.6 Å². The first-order valence-electron chi connectivity index (χ1n) is 5.11. The molecule has 0 bridgehead atoms. The van der Waals surface area contributed by atoms with Gasteiger partial charge in [0.1, 0.15) is 5.82 Å². The molecule has 1 aliphatic heterocycles. The van der Waals surface area contributed by atoms with E-state index in [0.29, 0.717) is 16.7 Å². The Morgan fingerprint density at radius 1 is 1.53 bits per heavy atom. The molecule has 1 aliphatic rings. The van der Waals surface area contributed by atoms with Gasteiger partial charge in [0.2, 0.25) is 6.10 Å². The SMILES string of the molecule is COC(=O)C1Cc2c(ccc(F)c2C)C(=O)O1. The highest BCUT2D eigenvalue weighted by molar-refractivity contribution is 5.95. The van der Waals surface area contributed by atoms with E-state index in [2.05, 4.69) is 4.74 Å². The van der Waals surface area contributed by atoms with E-state index >= 15 is 0 Å². The van der Waals surface area contributed by atoms with Gasteiger partial charge in [-0.05, 0) is 30.2 Å². The smallest absolute Gasteiger partial charge is 0.347 e. The fourth-order valence-corrected chi connectivity index (χ4v) is 1.87. The number of methoxy groups -OCH3 is 1. The van der Waals surface area contributed by atoms with Crippen molar-refractivity contribution in [3.63, 3.8) is 0 Å². The van der Waals surface area contributed by atoms with Gasteiger partial charge >= 0.3 is 11.9 Å². The predicted molar refractivity (Wildman–Crippen MR) is 56.1 cm³/mol. The minimum atomic E-state index is -0.986. The highest BCUT2D eigenvalue weighted by atomic mass is 19.1. The monoisotopic (exact) mass is 238 g/mol. The predicted octanol–water partition coefficient (Wildman–Crippen LogP) is 1.39. The number of cyclic esters (lactones) is 1. The van der Waals surface area contributed by atoms with E-state index in [4.69, 9.17) is 4.74 Å². The Bertz CT molecular complexity index is 496. The summed E-state index contributed by atoms with van der Waals surface area (Å²) in [6, 6.07) is 2.58. The second-order valence-electron chi connectivity index (χ2n) is 3.82. The van der Waals surface area contributed by atoms with E-state index in [9.17, 15) is 14.0 Å². The van der Waals surface area contributed by atoms with Gasteiger partial charge in [-0.3, -0.25) is 0 Å². The Kier molecular flexibility index (Phi) is 2.83. The Hall–Kier alpha value is -1.91. The van der Waals surface area contributed by atoms with Crippen molar-refractivity contribution in [2.75, 3.05) is 7.11 Å². The van der Waals surface area contributed by atoms with E-state index in [0.717, 1.165) is 0 Å². The molecule has 0 N–H and O–H groups in total. The van der Waals surface area contributed by atoms with Crippen LogP contribution in [-0.4, -0.2) is 25.2 Å². The number of rotatable bonds is 1. The van der Waals surface area contributed by atoms with Crippen molar-refractivity contribution in [3.8, 4) is 0 Å². The molecule has 1 aromatic rings. The summed E-state index contributed by atoms with van der Waals surface area (Å²) in [5.74, 6) is -1.65. The molecule has 0 radical (unpaired) electrons. The van der Waals surface area contributed by atoms with E-state index in [1.165, 1.54) is 19.2 Å². The van der Waals surface area contributed by atoms with Crippen LogP contribution >= 0.6 is 0 Å². The molecule has 4 nitrogen and oxygen atoms in total. The van der Waals surface area contributed by atoms with Crippen molar-refractivity contribution in [2.45, 2.75) is 19.4 Å². The van der Waals surface area contributed by atoms with Gasteiger partial charge in [0.05, 0.1) is 12.7 Å². The Labute approximate surface area is 97.3 Å². The van der Waals surface area contributed by atoms with Crippen molar-refractivity contribution in [1.82, 2.24) is 0 Å². The molecular formula is C12H11FO4. The zero-order valence-corrected chi connectivity index (χ0v) is 9.45. The van der Waals surface area contributed by atoms with Crippen LogP contribution in [0.4, 0.5) is 4.39 Å². The van der Waals surface area contributed by atoms with Crippen LogP contribution in [0.3, 0.4) is 0 Å². The van der Waals surface area contributed by atoms with Crippen LogP contribution in [0.5, 0.6) is 0 Å². The first kappa shape index (κ1) is 11.6. The quantitative estimate of drug-likeness (QED) is 0.694. The standard InChI is InChI=1S/C12H11FO4/c1-6-8-5-10(12(15)16-2)17-11(14)7(8)3-4-9(6)13/h3-4,10H,5H2,1-2H3. The van der Waals surface area contributed by atoms with Crippen molar-refractivity contribution >= 4 is 11.9 Å². The minimum Gasteiger partial charge on any atom is -0.466 e. The van der Waals surface area contributed by atoms with Crippen LogP contribution < -0.4 is 0 Å². The molecule has 0 spiro atoms. The van der Waals surface area contributed by atoms with Crippen molar-refractivity contribution < 1.29 is 23.5 Å². The van der Waals surface area contributed by atoms with Crippen molar-refractivity contribution in [1.29, 1.82) is 0 Å². The highest BCUT2D eigenvalue weighted by Crippen LogP contribution is 2.26. The number of carbonyl (C=O) groups excluding carboxylic acids is 2. The lowest BCUT2D eigenvalue weighted by atomic mass is 9.94. The van der Waals surface area contributed by atoms with E-state index in [-0.39, 0.29) is 6.42 Å². The molecule has 1 aromatic carbocycles. The molecule has 5 heteroatoms. The van der Waals surface area contributed by atoms with Gasteiger partial charge in [-0.1, -0.05) is 0 Å². The lowest BCUT2D eigenvalue weighted by Crippen LogP contribution is -2.35. The van der Waals surface area contributed by atoms with Gasteiger partial charge in [0, 0.05) is 6.42 Å². The Balaban J connectivity index is 2.44. The minimum absolute atomic E-state index is 0.150. The number of fused-ring (bicyclic) bond motifs is 1. The fourth-order valence-electron chi connectivity index (χ4n) is 1.87. The van der Waals surface area contributed by atoms with E-state index < -0.39 is 23.9 Å². The highest BCUT2D eigenvalue weighted by Gasteiger charge is 2.33. The molecule has 1 heterocycles. The number of halogens is 1. The third-order valence-corrected chi connectivity index (χ3v) is 2.86. The van der Waals surface area contributed by atoms with Gasteiger partial charge in [-0.25, -0.2) is 14.0 Å². The van der Waals surface area contributed by atoms with Crippen LogP contribution in [0, 0.1) is 12.7 Å². The lowest BCUT2D eigenvalue weighted by Gasteiger charge is -2.24. The second kappa shape index (κ2) is 4.16. The maximum Gasteiger partial charge on any atom is 0.347 e. The first-order chi connectivity index (χ1) is 8.04. The molecule has 17 heavy (non-hydrogen) atoms. The number of hydrogen-bond acceptors (Lipinski definition) is 4. The number of ether oxygens (including phenoxy) is 2. The molecule has 90 valence electrons. The van der Waals surface area contributed by atoms with Crippen LogP contribution in [0.1, 0.15) is 21.5 Å². The number of esters is 2. The maximum atomic E-state index is 13.4. The fraction of sp³-hybridized carbons (Fsp3) is 0.333. The summed E-state index contributed by atoms with van der Waals surface area (Å²) in [4.78, 5) is 23.0. The van der Waals surface area contributed by atoms with Gasteiger partial charge in [0.25, 0.3) is 0 Å². The average molecular weight is 238 g/mol. The van der Waals surface area contributed by atoms with Crippen LogP contribution in [-0.2, 0) is 20.7 Å². The molecule has 0 amide bonds. The normalized spacial score (nSPS) is 18.3. The van der Waals surface area contributed by atoms with Crippen molar-refractivity contribution in [2.24, 2.45) is 0 Å². The molecular weight excluding hydrogens is 227 g/mol. The third-order valence-electron chi connectivity index (χ3n) is 2.86. The van der Waals surface area contributed by atoms with E-state index in [1.54, 1.807) is 6.92 Å². The zero-order chi connectivity index (χ0) is 12.6. The van der Waals surface area contributed by atoms with Gasteiger partial charge in [-0.15, -0.1) is 0 Å². The summed E-state index contributed by atoms with van der Waals surface area (Å²) in [7, 11) is 1.21. The molecule has 0 saturated heterocycles. The molecule has 0 aliphatic carbocycles. The summed E-state index contributed by atoms with van der Waals surface area (Å²) in [6.45, 7) is 1.57. The summed E-state index contributed by atoms with van der Waals surface area (Å²) in [5.41, 5.74) is 1.19. The Morgan fingerprint density at radius 3 is 2.88 bits per heavy atom. The van der Waals surface area contributed by atoms with Crippen LogP contribution in [0.25, 0.3) is 0 Å². The van der Waals surface area contributed by atoms with Gasteiger partial charge in [-0.2, -0.15) is 0 Å². The average Bonchev–Trinajstić information content (AvgIpc) is 2.33. The molecule has 1 unspecified atom stereocenters.